The van der Waals surface area contributed by atoms with Crippen LogP contribution in [-0.2, 0) is 0 Å². The van der Waals surface area contributed by atoms with Gasteiger partial charge in [-0.2, -0.15) is 4.39 Å². The quantitative estimate of drug-likeness (QED) is 0.574. The fourth-order valence-electron chi connectivity index (χ4n) is 1.41. The van der Waals surface area contributed by atoms with E-state index in [0.29, 0.717) is 6.29 Å². The van der Waals surface area contributed by atoms with Gasteiger partial charge in [0.25, 0.3) is 0 Å². The highest BCUT2D eigenvalue weighted by Crippen LogP contribution is 2.23. The van der Waals surface area contributed by atoms with Crippen LogP contribution >= 0.6 is 0 Å². The van der Waals surface area contributed by atoms with Gasteiger partial charge in [-0.3, -0.25) is 4.79 Å². The van der Waals surface area contributed by atoms with Gasteiger partial charge in [-0.05, 0) is 24.3 Å². The molecule has 80 valence electrons. The highest BCUT2D eigenvalue weighted by molar-refractivity contribution is 5.85. The van der Waals surface area contributed by atoms with Crippen molar-refractivity contribution in [2.75, 3.05) is 0 Å². The number of benzene rings is 1. The van der Waals surface area contributed by atoms with Crippen LogP contribution in [0.15, 0.2) is 36.4 Å². The SMILES string of the molecule is O=Cc1ccc(F)nc1-c1ccccc1F. The summed E-state index contributed by atoms with van der Waals surface area (Å²) in [5.74, 6) is -1.28. The van der Waals surface area contributed by atoms with E-state index in [1.807, 2.05) is 0 Å². The molecule has 2 rings (SSSR count). The van der Waals surface area contributed by atoms with E-state index in [2.05, 4.69) is 4.98 Å². The lowest BCUT2D eigenvalue weighted by Crippen LogP contribution is -1.96. The van der Waals surface area contributed by atoms with Crippen LogP contribution in [0.4, 0.5) is 8.78 Å². The first-order valence-corrected chi connectivity index (χ1v) is 4.59. The standard InChI is InChI=1S/C12H7F2NO/c13-10-4-2-1-3-9(10)12-8(7-16)5-6-11(14)15-12/h1-7H. The third-order valence-corrected chi connectivity index (χ3v) is 2.15. The fraction of sp³-hybridized carbons (Fsp3) is 0. The number of nitrogens with zero attached hydrogens (tertiary/aromatic N) is 1. The van der Waals surface area contributed by atoms with Crippen molar-refractivity contribution in [1.82, 2.24) is 4.98 Å². The molecule has 0 saturated heterocycles. The minimum absolute atomic E-state index is 0.0214. The average Bonchev–Trinajstić information content (AvgIpc) is 2.29. The van der Waals surface area contributed by atoms with Gasteiger partial charge in [-0.15, -0.1) is 0 Å². The van der Waals surface area contributed by atoms with E-state index in [-0.39, 0.29) is 16.8 Å². The molecule has 1 heterocycles. The zero-order chi connectivity index (χ0) is 11.5. The van der Waals surface area contributed by atoms with Crippen LogP contribution in [0.2, 0.25) is 0 Å². The molecule has 0 radical (unpaired) electrons. The van der Waals surface area contributed by atoms with Crippen LogP contribution in [-0.4, -0.2) is 11.3 Å². The first kappa shape index (κ1) is 10.4. The van der Waals surface area contributed by atoms with Gasteiger partial charge in [-0.25, -0.2) is 9.37 Å². The molecule has 0 N–H and O–H groups in total. The highest BCUT2D eigenvalue weighted by atomic mass is 19.1. The number of hydrogen-bond acceptors (Lipinski definition) is 2. The third kappa shape index (κ3) is 1.82. The first-order valence-electron chi connectivity index (χ1n) is 4.59. The average molecular weight is 219 g/mol. The Morgan fingerprint density at radius 3 is 2.50 bits per heavy atom. The fourth-order valence-corrected chi connectivity index (χ4v) is 1.41. The summed E-state index contributed by atoms with van der Waals surface area (Å²) >= 11 is 0. The number of halogens is 2. The molecule has 0 aliphatic rings. The minimum Gasteiger partial charge on any atom is -0.298 e. The summed E-state index contributed by atoms with van der Waals surface area (Å²) in [4.78, 5) is 14.3. The lowest BCUT2D eigenvalue weighted by atomic mass is 10.1. The maximum Gasteiger partial charge on any atom is 0.213 e. The van der Waals surface area contributed by atoms with Crippen molar-refractivity contribution < 1.29 is 13.6 Å². The summed E-state index contributed by atoms with van der Waals surface area (Å²) in [6.45, 7) is 0. The maximum atomic E-state index is 13.4. The summed E-state index contributed by atoms with van der Waals surface area (Å²) < 4.78 is 26.4. The van der Waals surface area contributed by atoms with E-state index < -0.39 is 11.8 Å². The highest BCUT2D eigenvalue weighted by Gasteiger charge is 2.11. The van der Waals surface area contributed by atoms with Gasteiger partial charge < -0.3 is 0 Å². The Labute approximate surface area is 90.6 Å². The zero-order valence-electron chi connectivity index (χ0n) is 8.15. The zero-order valence-corrected chi connectivity index (χ0v) is 8.15. The molecule has 2 aromatic rings. The molecule has 2 nitrogen and oxygen atoms in total. The van der Waals surface area contributed by atoms with E-state index in [1.165, 1.54) is 24.3 Å². The normalized spacial score (nSPS) is 10.1. The Morgan fingerprint density at radius 2 is 1.81 bits per heavy atom. The Bertz CT molecular complexity index is 540. The molecule has 0 spiro atoms. The topological polar surface area (TPSA) is 30.0 Å². The van der Waals surface area contributed by atoms with Gasteiger partial charge >= 0.3 is 0 Å². The number of carbonyl (C=O) groups excluding carboxylic acids is 1. The second-order valence-corrected chi connectivity index (χ2v) is 3.17. The molecule has 0 aliphatic heterocycles. The maximum absolute atomic E-state index is 13.4. The molecule has 0 amide bonds. The van der Waals surface area contributed by atoms with Gasteiger partial charge in [-0.1, -0.05) is 12.1 Å². The van der Waals surface area contributed by atoms with Crippen molar-refractivity contribution in [3.05, 3.63) is 53.7 Å². The molecule has 1 aromatic carbocycles. The summed E-state index contributed by atoms with van der Waals surface area (Å²) in [6.07, 6.45) is 0.522. The van der Waals surface area contributed by atoms with Crippen molar-refractivity contribution >= 4 is 6.29 Å². The molecule has 0 aliphatic carbocycles. The van der Waals surface area contributed by atoms with Gasteiger partial charge in [0.2, 0.25) is 5.95 Å². The van der Waals surface area contributed by atoms with E-state index in [4.69, 9.17) is 0 Å². The molecule has 0 bridgehead atoms. The molecular weight excluding hydrogens is 212 g/mol. The summed E-state index contributed by atoms with van der Waals surface area (Å²) in [5.41, 5.74) is 0.295. The molecule has 16 heavy (non-hydrogen) atoms. The first-order chi connectivity index (χ1) is 7.72. The van der Waals surface area contributed by atoms with Crippen molar-refractivity contribution in [2.45, 2.75) is 0 Å². The predicted molar refractivity (Wildman–Crippen MR) is 55.0 cm³/mol. The summed E-state index contributed by atoms with van der Waals surface area (Å²) in [7, 11) is 0. The van der Waals surface area contributed by atoms with Gasteiger partial charge in [0, 0.05) is 11.1 Å². The lowest BCUT2D eigenvalue weighted by Gasteiger charge is -2.04. The number of rotatable bonds is 2. The molecule has 0 fully saturated rings. The number of pyridine rings is 1. The summed E-state index contributed by atoms with van der Waals surface area (Å²) in [5, 5.41) is 0. The molecular formula is C12H7F2NO. The van der Waals surface area contributed by atoms with Crippen LogP contribution in [0.1, 0.15) is 10.4 Å². The van der Waals surface area contributed by atoms with Crippen molar-refractivity contribution in [1.29, 1.82) is 0 Å². The molecule has 0 atom stereocenters. The number of hydrogen-bond donors (Lipinski definition) is 0. The van der Waals surface area contributed by atoms with E-state index in [9.17, 15) is 13.6 Å². The summed E-state index contributed by atoms with van der Waals surface area (Å²) in [6, 6.07) is 8.13. The van der Waals surface area contributed by atoms with Crippen molar-refractivity contribution in [3.63, 3.8) is 0 Å². The second-order valence-electron chi connectivity index (χ2n) is 3.17. The molecule has 4 heteroatoms. The van der Waals surface area contributed by atoms with Gasteiger partial charge in [0.1, 0.15) is 5.82 Å². The minimum atomic E-state index is -0.746. The second kappa shape index (κ2) is 4.18. The smallest absolute Gasteiger partial charge is 0.213 e. The Morgan fingerprint density at radius 1 is 1.06 bits per heavy atom. The Hall–Kier alpha value is -2.10. The van der Waals surface area contributed by atoms with Gasteiger partial charge in [0.05, 0.1) is 5.69 Å². The Kier molecular flexibility index (Phi) is 2.72. The molecule has 0 unspecified atom stereocenters. The van der Waals surface area contributed by atoms with Crippen molar-refractivity contribution in [3.8, 4) is 11.3 Å². The van der Waals surface area contributed by atoms with E-state index >= 15 is 0 Å². The molecule has 1 aromatic heterocycles. The van der Waals surface area contributed by atoms with E-state index in [1.54, 1.807) is 6.07 Å². The number of aromatic nitrogens is 1. The monoisotopic (exact) mass is 219 g/mol. The van der Waals surface area contributed by atoms with E-state index in [0.717, 1.165) is 6.07 Å². The lowest BCUT2D eigenvalue weighted by molar-refractivity contribution is 0.112. The van der Waals surface area contributed by atoms with Crippen LogP contribution < -0.4 is 0 Å². The Balaban J connectivity index is 2.67. The molecule has 0 saturated carbocycles. The predicted octanol–water partition coefficient (Wildman–Crippen LogP) is 2.84. The van der Waals surface area contributed by atoms with Crippen LogP contribution in [0.3, 0.4) is 0 Å². The van der Waals surface area contributed by atoms with Crippen molar-refractivity contribution in [2.24, 2.45) is 0 Å². The third-order valence-electron chi connectivity index (χ3n) is 2.15. The largest absolute Gasteiger partial charge is 0.298 e. The number of carbonyl (C=O) groups is 1. The number of aldehydes is 1. The van der Waals surface area contributed by atoms with Crippen LogP contribution in [0.5, 0.6) is 0 Å². The van der Waals surface area contributed by atoms with Crippen LogP contribution in [0, 0.1) is 11.8 Å². The van der Waals surface area contributed by atoms with Crippen LogP contribution in [0.25, 0.3) is 11.3 Å². The van der Waals surface area contributed by atoms with Gasteiger partial charge in [0.15, 0.2) is 6.29 Å².